The summed E-state index contributed by atoms with van der Waals surface area (Å²) in [6.07, 6.45) is 0.895. The van der Waals surface area contributed by atoms with Crippen molar-refractivity contribution in [2.24, 2.45) is 4.99 Å². The number of rotatable bonds is 5. The molecule has 0 amide bonds. The highest BCUT2D eigenvalue weighted by molar-refractivity contribution is 14.0. The molecule has 3 aliphatic rings. The molecule has 3 saturated heterocycles. The third-order valence-corrected chi connectivity index (χ3v) is 7.96. The lowest BCUT2D eigenvalue weighted by Gasteiger charge is -2.36. The van der Waals surface area contributed by atoms with Crippen LogP contribution in [0.25, 0.3) is 0 Å². The summed E-state index contributed by atoms with van der Waals surface area (Å²) in [6, 6.07) is 10.9. The highest BCUT2D eigenvalue weighted by atomic mass is 127. The third-order valence-electron chi connectivity index (χ3n) is 6.00. The smallest absolute Gasteiger partial charge is 0.214 e. The predicted octanol–water partition coefficient (Wildman–Crippen LogP) is 0.801. The Hall–Kier alpha value is -0.950. The largest absolute Gasteiger partial charge is 0.373 e. The van der Waals surface area contributed by atoms with Crippen molar-refractivity contribution in [1.29, 1.82) is 0 Å². The number of hydrogen-bond donors (Lipinski definition) is 1. The average Bonchev–Trinajstić information content (AvgIpc) is 3.29. The maximum atomic E-state index is 12.0. The minimum Gasteiger partial charge on any atom is -0.373 e. The standard InChI is InChI=1S/C20H31N5O3S.HI/c1-21-20(22-8-10-25-9-5-13-29(25,26)27)24-15-18-19(16-24)28-12-11-23(18)14-17-6-3-2-4-7-17;/h2-4,6-7,18-19H,5,8-16H2,1H3,(H,21,22);1H. The van der Waals surface area contributed by atoms with Crippen LogP contribution in [0.2, 0.25) is 0 Å². The summed E-state index contributed by atoms with van der Waals surface area (Å²) in [6.45, 7) is 5.95. The van der Waals surface area contributed by atoms with Gasteiger partial charge in [0.05, 0.1) is 24.5 Å². The molecule has 3 aliphatic heterocycles. The summed E-state index contributed by atoms with van der Waals surface area (Å²) < 4.78 is 31.5. The van der Waals surface area contributed by atoms with Crippen LogP contribution in [-0.4, -0.2) is 99.3 Å². The molecule has 168 valence electrons. The molecule has 0 aliphatic carbocycles. The van der Waals surface area contributed by atoms with Crippen LogP contribution in [0.1, 0.15) is 12.0 Å². The SMILES string of the molecule is CN=C(NCCN1CCCS1(=O)=O)N1CC2OCCN(Cc3ccccc3)C2C1.I. The molecule has 0 aromatic heterocycles. The number of morpholine rings is 1. The monoisotopic (exact) mass is 549 g/mol. The van der Waals surface area contributed by atoms with Gasteiger partial charge in [-0.05, 0) is 12.0 Å². The van der Waals surface area contributed by atoms with Crippen LogP contribution in [0.3, 0.4) is 0 Å². The summed E-state index contributed by atoms with van der Waals surface area (Å²) in [5, 5.41) is 3.35. The number of nitrogens with zero attached hydrogens (tertiary/aromatic N) is 4. The fraction of sp³-hybridized carbons (Fsp3) is 0.650. The molecule has 1 aromatic carbocycles. The number of benzene rings is 1. The van der Waals surface area contributed by atoms with E-state index in [1.54, 1.807) is 11.4 Å². The van der Waals surface area contributed by atoms with Crippen LogP contribution < -0.4 is 5.32 Å². The summed E-state index contributed by atoms with van der Waals surface area (Å²) in [7, 11) is -1.27. The molecular weight excluding hydrogens is 517 g/mol. The zero-order chi connectivity index (χ0) is 20.3. The molecule has 0 saturated carbocycles. The first-order chi connectivity index (χ1) is 14.1. The Balaban J connectivity index is 0.00000256. The first-order valence-corrected chi connectivity index (χ1v) is 12.0. The lowest BCUT2D eigenvalue weighted by molar-refractivity contribution is -0.0502. The number of likely N-dealkylation sites (tertiary alicyclic amines) is 1. The van der Waals surface area contributed by atoms with Gasteiger partial charge in [-0.1, -0.05) is 30.3 Å². The zero-order valence-electron chi connectivity index (χ0n) is 17.4. The summed E-state index contributed by atoms with van der Waals surface area (Å²) >= 11 is 0. The van der Waals surface area contributed by atoms with E-state index in [4.69, 9.17) is 4.74 Å². The number of aliphatic imine (C=N–C) groups is 1. The number of halogens is 1. The molecule has 2 unspecified atom stereocenters. The van der Waals surface area contributed by atoms with Gasteiger partial charge in [-0.2, -0.15) is 0 Å². The van der Waals surface area contributed by atoms with E-state index in [1.165, 1.54) is 5.56 Å². The van der Waals surface area contributed by atoms with Crippen molar-refractivity contribution in [3.63, 3.8) is 0 Å². The first kappa shape index (κ1) is 23.7. The Kier molecular flexibility index (Phi) is 8.36. The Labute approximate surface area is 196 Å². The van der Waals surface area contributed by atoms with E-state index in [1.807, 2.05) is 6.07 Å². The normalized spacial score (nSPS) is 27.0. The highest BCUT2D eigenvalue weighted by Crippen LogP contribution is 2.24. The minimum atomic E-state index is -3.05. The van der Waals surface area contributed by atoms with Crippen LogP contribution in [0.15, 0.2) is 35.3 Å². The fourth-order valence-electron chi connectivity index (χ4n) is 4.51. The van der Waals surface area contributed by atoms with Crippen LogP contribution in [0.4, 0.5) is 0 Å². The fourth-order valence-corrected chi connectivity index (χ4v) is 6.04. The van der Waals surface area contributed by atoms with Crippen molar-refractivity contribution in [1.82, 2.24) is 19.4 Å². The van der Waals surface area contributed by atoms with Crippen molar-refractivity contribution in [3.05, 3.63) is 35.9 Å². The Morgan fingerprint density at radius 1 is 1.23 bits per heavy atom. The Morgan fingerprint density at radius 3 is 2.73 bits per heavy atom. The number of ether oxygens (including phenoxy) is 1. The van der Waals surface area contributed by atoms with Gasteiger partial charge in [0.25, 0.3) is 0 Å². The van der Waals surface area contributed by atoms with E-state index >= 15 is 0 Å². The highest BCUT2D eigenvalue weighted by Gasteiger charge is 2.41. The summed E-state index contributed by atoms with van der Waals surface area (Å²) in [4.78, 5) is 9.17. The van der Waals surface area contributed by atoms with Gasteiger partial charge in [0.1, 0.15) is 0 Å². The molecule has 0 radical (unpaired) electrons. The molecule has 30 heavy (non-hydrogen) atoms. The van der Waals surface area contributed by atoms with Gasteiger partial charge in [0, 0.05) is 52.9 Å². The molecule has 0 spiro atoms. The molecule has 8 nitrogen and oxygen atoms in total. The maximum absolute atomic E-state index is 12.0. The van der Waals surface area contributed by atoms with Gasteiger partial charge in [-0.15, -0.1) is 24.0 Å². The molecule has 3 fully saturated rings. The number of fused-ring (bicyclic) bond motifs is 1. The number of hydrogen-bond acceptors (Lipinski definition) is 5. The minimum absolute atomic E-state index is 0. The van der Waals surface area contributed by atoms with E-state index in [2.05, 4.69) is 44.4 Å². The second-order valence-electron chi connectivity index (χ2n) is 7.88. The van der Waals surface area contributed by atoms with E-state index in [0.29, 0.717) is 25.7 Å². The summed E-state index contributed by atoms with van der Waals surface area (Å²) in [5.74, 6) is 1.09. The molecule has 0 bridgehead atoms. The third kappa shape index (κ3) is 5.45. The molecule has 10 heteroatoms. The molecule has 1 N–H and O–H groups in total. The van der Waals surface area contributed by atoms with Crippen molar-refractivity contribution >= 4 is 40.0 Å². The second-order valence-corrected chi connectivity index (χ2v) is 9.97. The topological polar surface area (TPSA) is 77.5 Å². The quantitative estimate of drug-likeness (QED) is 0.333. The summed E-state index contributed by atoms with van der Waals surface area (Å²) in [5.41, 5.74) is 1.32. The molecule has 4 rings (SSSR count). The van der Waals surface area contributed by atoms with Crippen molar-refractivity contribution in [3.8, 4) is 0 Å². The lowest BCUT2D eigenvalue weighted by Crippen LogP contribution is -2.50. The number of sulfonamides is 1. The molecule has 1 aromatic rings. The second kappa shape index (κ2) is 10.6. The van der Waals surface area contributed by atoms with Crippen LogP contribution in [0, 0.1) is 0 Å². The van der Waals surface area contributed by atoms with Gasteiger partial charge in [-0.25, -0.2) is 12.7 Å². The molecular formula is C20H32IN5O3S. The van der Waals surface area contributed by atoms with Crippen LogP contribution >= 0.6 is 24.0 Å². The Morgan fingerprint density at radius 2 is 2.03 bits per heavy atom. The van der Waals surface area contributed by atoms with Crippen molar-refractivity contribution < 1.29 is 13.2 Å². The van der Waals surface area contributed by atoms with Gasteiger partial charge in [0.2, 0.25) is 10.0 Å². The van der Waals surface area contributed by atoms with Crippen molar-refractivity contribution in [2.75, 3.05) is 58.7 Å². The van der Waals surface area contributed by atoms with E-state index in [-0.39, 0.29) is 35.8 Å². The average molecular weight is 549 g/mol. The Bertz CT molecular complexity index is 823. The van der Waals surface area contributed by atoms with E-state index in [0.717, 1.165) is 45.2 Å². The molecule has 3 heterocycles. The van der Waals surface area contributed by atoms with Gasteiger partial charge < -0.3 is 15.0 Å². The number of guanidine groups is 1. The number of nitrogens with one attached hydrogen (secondary N) is 1. The zero-order valence-corrected chi connectivity index (χ0v) is 20.6. The van der Waals surface area contributed by atoms with Crippen LogP contribution in [0.5, 0.6) is 0 Å². The van der Waals surface area contributed by atoms with Crippen LogP contribution in [-0.2, 0) is 21.3 Å². The van der Waals surface area contributed by atoms with Crippen molar-refractivity contribution in [2.45, 2.75) is 25.1 Å². The van der Waals surface area contributed by atoms with Gasteiger partial charge in [0.15, 0.2) is 5.96 Å². The lowest BCUT2D eigenvalue weighted by atomic mass is 10.1. The molecule has 2 atom stereocenters. The van der Waals surface area contributed by atoms with Gasteiger partial charge in [-0.3, -0.25) is 9.89 Å². The maximum Gasteiger partial charge on any atom is 0.214 e. The first-order valence-electron chi connectivity index (χ1n) is 10.4. The predicted molar refractivity (Wildman–Crippen MR) is 129 cm³/mol. The van der Waals surface area contributed by atoms with E-state index in [9.17, 15) is 8.42 Å². The van der Waals surface area contributed by atoms with Gasteiger partial charge >= 0.3 is 0 Å². The van der Waals surface area contributed by atoms with E-state index < -0.39 is 10.0 Å².